The van der Waals surface area contributed by atoms with E-state index in [4.69, 9.17) is 0 Å². The van der Waals surface area contributed by atoms with Crippen molar-refractivity contribution < 1.29 is 18.3 Å². The Morgan fingerprint density at radius 1 is 1.00 bits per heavy atom. The molecule has 0 heterocycles. The van der Waals surface area contributed by atoms with Crippen LogP contribution in [0.3, 0.4) is 0 Å². The van der Waals surface area contributed by atoms with Gasteiger partial charge in [0.15, 0.2) is 0 Å². The average Bonchev–Trinajstić information content (AvgIpc) is 1.99. The zero-order valence-electron chi connectivity index (χ0n) is 9.89. The molecule has 4 heteroatoms. The Morgan fingerprint density at radius 3 is 1.62 bits per heavy atom. The van der Waals surface area contributed by atoms with Gasteiger partial charge in [-0.15, -0.1) is 0 Å². The van der Waals surface area contributed by atoms with Crippen LogP contribution in [0.4, 0.5) is 13.2 Å². The van der Waals surface area contributed by atoms with E-state index in [1.54, 1.807) is 13.8 Å². The van der Waals surface area contributed by atoms with Crippen LogP contribution in [0, 0.1) is 6.92 Å². The summed E-state index contributed by atoms with van der Waals surface area (Å²) in [5.41, 5.74) is 1.42. The maximum Gasteiger partial charge on any atom is 0.386 e. The van der Waals surface area contributed by atoms with Crippen LogP contribution in [-0.4, -0.2) is 11.3 Å². The highest BCUT2D eigenvalue weighted by Gasteiger charge is 2.17. The third kappa shape index (κ3) is 7.29. The monoisotopic (exact) mass is 234 g/mol. The lowest BCUT2D eigenvalue weighted by Gasteiger charge is -2.19. The fraction of sp³-hybridized carbons (Fsp3) is 0.500. The number of hydrogen-bond donors (Lipinski definition) is 1. The van der Waals surface area contributed by atoms with Gasteiger partial charge in [-0.2, -0.15) is 13.2 Å². The lowest BCUT2D eigenvalue weighted by Crippen LogP contribution is -2.16. The van der Waals surface area contributed by atoms with Gasteiger partial charge < -0.3 is 5.11 Å². The first-order chi connectivity index (χ1) is 7.02. The van der Waals surface area contributed by atoms with E-state index in [0.29, 0.717) is 0 Å². The average molecular weight is 234 g/mol. The molecule has 1 aromatic carbocycles. The van der Waals surface area contributed by atoms with Crippen molar-refractivity contribution in [3.8, 4) is 0 Å². The molecule has 92 valence electrons. The predicted molar refractivity (Wildman–Crippen MR) is 58.2 cm³/mol. The molecule has 0 aromatic heterocycles. The fourth-order valence-electron chi connectivity index (χ4n) is 1.26. The maximum absolute atomic E-state index is 10.4. The van der Waals surface area contributed by atoms with E-state index in [2.05, 4.69) is 0 Å². The number of alkyl halides is 3. The number of aliphatic hydroxyl groups is 1. The van der Waals surface area contributed by atoms with E-state index < -0.39 is 11.8 Å². The predicted octanol–water partition coefficient (Wildman–Crippen LogP) is 3.79. The van der Waals surface area contributed by atoms with Crippen LogP contribution < -0.4 is 0 Å². The van der Waals surface area contributed by atoms with Crippen LogP contribution in [0.15, 0.2) is 24.3 Å². The molecule has 0 bridgehead atoms. The smallest absolute Gasteiger partial charge is 0.386 e. The molecule has 0 saturated heterocycles. The van der Waals surface area contributed by atoms with Crippen molar-refractivity contribution in [2.75, 3.05) is 0 Å². The highest BCUT2D eigenvalue weighted by molar-refractivity contribution is 5.29. The van der Waals surface area contributed by atoms with Crippen LogP contribution in [0.25, 0.3) is 0 Å². The molecule has 0 aliphatic rings. The van der Waals surface area contributed by atoms with Crippen LogP contribution in [0.5, 0.6) is 0 Å². The normalized spacial score (nSPS) is 11.8. The fourth-order valence-corrected chi connectivity index (χ4v) is 1.26. The van der Waals surface area contributed by atoms with E-state index in [1.807, 2.05) is 31.2 Å². The van der Waals surface area contributed by atoms with Crippen LogP contribution >= 0.6 is 0 Å². The standard InChI is InChI=1S/C10H14O.C2H3F3/c1-8-6-4-5-7-9(8)10(2,3)11;1-2(3,4)5/h4-7,11H,1-3H3;1H3. The van der Waals surface area contributed by atoms with Crippen molar-refractivity contribution in [1.82, 2.24) is 0 Å². The molecule has 0 amide bonds. The first-order valence-electron chi connectivity index (χ1n) is 4.87. The summed E-state index contributed by atoms with van der Waals surface area (Å²) < 4.78 is 31.1. The second-order valence-electron chi connectivity index (χ2n) is 4.16. The van der Waals surface area contributed by atoms with E-state index in [-0.39, 0.29) is 6.92 Å². The number of rotatable bonds is 1. The van der Waals surface area contributed by atoms with Crippen molar-refractivity contribution in [3.63, 3.8) is 0 Å². The summed E-state index contributed by atoms with van der Waals surface area (Å²) in [6.07, 6.45) is -4.00. The molecule has 0 saturated carbocycles. The molecular weight excluding hydrogens is 217 g/mol. The molecule has 1 nitrogen and oxygen atoms in total. The third-order valence-corrected chi connectivity index (χ3v) is 1.80. The lowest BCUT2D eigenvalue weighted by atomic mass is 9.94. The minimum atomic E-state index is -4.00. The first kappa shape index (κ1) is 15.0. The Hall–Kier alpha value is -1.03. The number of aryl methyl sites for hydroxylation is 1. The van der Waals surface area contributed by atoms with Gasteiger partial charge in [0, 0.05) is 6.92 Å². The lowest BCUT2D eigenvalue weighted by molar-refractivity contribution is -0.110. The van der Waals surface area contributed by atoms with Gasteiger partial charge in [-0.25, -0.2) is 0 Å². The summed E-state index contributed by atoms with van der Waals surface area (Å²) >= 11 is 0. The molecule has 0 atom stereocenters. The van der Waals surface area contributed by atoms with Crippen LogP contribution in [0.1, 0.15) is 31.9 Å². The number of hydrogen-bond acceptors (Lipinski definition) is 1. The van der Waals surface area contributed by atoms with E-state index in [0.717, 1.165) is 11.1 Å². The molecule has 1 rings (SSSR count). The van der Waals surface area contributed by atoms with E-state index in [9.17, 15) is 18.3 Å². The molecule has 16 heavy (non-hydrogen) atoms. The summed E-state index contributed by atoms with van der Waals surface area (Å²) in [5, 5.41) is 9.67. The van der Waals surface area contributed by atoms with E-state index >= 15 is 0 Å². The summed E-state index contributed by atoms with van der Waals surface area (Å²) in [6, 6.07) is 7.88. The summed E-state index contributed by atoms with van der Waals surface area (Å²) in [6.45, 7) is 5.80. The molecule has 0 aliphatic heterocycles. The van der Waals surface area contributed by atoms with Crippen molar-refractivity contribution in [2.24, 2.45) is 0 Å². The Balaban J connectivity index is 0.000000385. The number of halogens is 3. The second kappa shape index (κ2) is 5.34. The van der Waals surface area contributed by atoms with Gasteiger partial charge in [0.1, 0.15) is 0 Å². The van der Waals surface area contributed by atoms with Crippen molar-refractivity contribution in [3.05, 3.63) is 35.4 Å². The quantitative estimate of drug-likeness (QED) is 0.783. The minimum Gasteiger partial charge on any atom is -0.386 e. The third-order valence-electron chi connectivity index (χ3n) is 1.80. The second-order valence-corrected chi connectivity index (χ2v) is 4.16. The van der Waals surface area contributed by atoms with Crippen LogP contribution in [0.2, 0.25) is 0 Å². The summed E-state index contributed by atoms with van der Waals surface area (Å²) in [4.78, 5) is 0. The van der Waals surface area contributed by atoms with Gasteiger partial charge in [0.2, 0.25) is 0 Å². The molecular formula is C12H17F3O. The maximum atomic E-state index is 10.4. The van der Waals surface area contributed by atoms with Gasteiger partial charge in [0.25, 0.3) is 0 Å². The molecule has 0 fully saturated rings. The zero-order chi connectivity index (χ0) is 13.0. The Labute approximate surface area is 93.9 Å². The summed E-state index contributed by atoms with van der Waals surface area (Å²) in [7, 11) is 0. The number of benzene rings is 1. The van der Waals surface area contributed by atoms with Crippen molar-refractivity contribution in [1.29, 1.82) is 0 Å². The Kier molecular flexibility index (Phi) is 5.00. The molecule has 0 radical (unpaired) electrons. The zero-order valence-corrected chi connectivity index (χ0v) is 9.89. The SMILES string of the molecule is CC(F)(F)F.Cc1ccccc1C(C)(C)O. The molecule has 1 N–H and O–H groups in total. The minimum absolute atomic E-state index is 0.188. The van der Waals surface area contributed by atoms with Gasteiger partial charge in [-0.3, -0.25) is 0 Å². The van der Waals surface area contributed by atoms with Crippen LogP contribution in [-0.2, 0) is 5.60 Å². The molecule has 0 aliphatic carbocycles. The molecule has 1 aromatic rings. The summed E-state index contributed by atoms with van der Waals surface area (Å²) in [5.74, 6) is 0. The first-order valence-corrected chi connectivity index (χ1v) is 4.87. The Morgan fingerprint density at radius 2 is 1.38 bits per heavy atom. The van der Waals surface area contributed by atoms with Gasteiger partial charge in [-0.05, 0) is 31.9 Å². The van der Waals surface area contributed by atoms with Crippen molar-refractivity contribution >= 4 is 0 Å². The highest BCUT2D eigenvalue weighted by Crippen LogP contribution is 2.22. The van der Waals surface area contributed by atoms with Crippen molar-refractivity contribution in [2.45, 2.75) is 39.5 Å². The van der Waals surface area contributed by atoms with Gasteiger partial charge in [0.05, 0.1) is 5.60 Å². The molecule has 0 spiro atoms. The van der Waals surface area contributed by atoms with Gasteiger partial charge in [-0.1, -0.05) is 24.3 Å². The molecule has 0 unspecified atom stereocenters. The Bertz CT molecular complexity index is 318. The van der Waals surface area contributed by atoms with Gasteiger partial charge >= 0.3 is 6.18 Å². The highest BCUT2D eigenvalue weighted by atomic mass is 19.4. The topological polar surface area (TPSA) is 20.2 Å². The largest absolute Gasteiger partial charge is 0.386 e. The van der Waals surface area contributed by atoms with E-state index in [1.165, 1.54) is 0 Å².